The maximum absolute atomic E-state index is 12.2. The van der Waals surface area contributed by atoms with Crippen LogP contribution >= 0.6 is 12.4 Å². The first kappa shape index (κ1) is 16.7. The highest BCUT2D eigenvalue weighted by molar-refractivity contribution is 5.94. The topological polar surface area (TPSA) is 76.4 Å². The van der Waals surface area contributed by atoms with Crippen LogP contribution in [0.4, 0.5) is 5.69 Å². The first-order valence-electron chi connectivity index (χ1n) is 7.16. The summed E-state index contributed by atoms with van der Waals surface area (Å²) >= 11 is 0. The van der Waals surface area contributed by atoms with Gasteiger partial charge in [0, 0.05) is 18.7 Å². The van der Waals surface area contributed by atoms with Crippen LogP contribution < -0.4 is 10.6 Å². The fourth-order valence-electron chi connectivity index (χ4n) is 2.57. The van der Waals surface area contributed by atoms with Crippen molar-refractivity contribution in [1.29, 1.82) is 0 Å². The monoisotopic (exact) mass is 325 g/mol. The highest BCUT2D eigenvalue weighted by atomic mass is 35.5. The van der Waals surface area contributed by atoms with Gasteiger partial charge in [-0.15, -0.1) is 12.4 Å². The van der Waals surface area contributed by atoms with Crippen LogP contribution in [-0.2, 0) is 16.1 Å². The van der Waals surface area contributed by atoms with Crippen molar-refractivity contribution in [2.75, 3.05) is 25.5 Å². The largest absolute Gasteiger partial charge is 0.438 e. The third-order valence-electron chi connectivity index (χ3n) is 3.68. The molecule has 2 heterocycles. The summed E-state index contributed by atoms with van der Waals surface area (Å²) in [5.41, 5.74) is 2.18. The number of hydrogen-bond acceptors (Lipinski definition) is 5. The number of anilines is 1. The number of benzene rings is 1. The molecule has 6 nitrogen and oxygen atoms in total. The summed E-state index contributed by atoms with van der Waals surface area (Å²) in [7, 11) is 1.60. The lowest BCUT2D eigenvalue weighted by Gasteiger charge is -2.21. The summed E-state index contributed by atoms with van der Waals surface area (Å²) in [6.45, 7) is 2.15. The highest BCUT2D eigenvalue weighted by Crippen LogP contribution is 2.22. The van der Waals surface area contributed by atoms with Gasteiger partial charge in [-0.1, -0.05) is 0 Å². The van der Waals surface area contributed by atoms with E-state index >= 15 is 0 Å². The lowest BCUT2D eigenvalue weighted by molar-refractivity contribution is -0.120. The molecule has 1 amide bonds. The number of amides is 1. The summed E-state index contributed by atoms with van der Waals surface area (Å²) in [5.74, 6) is 0.703. The Bertz CT molecular complexity index is 638. The molecule has 0 saturated carbocycles. The van der Waals surface area contributed by atoms with Gasteiger partial charge in [-0.25, -0.2) is 4.98 Å². The maximum Gasteiger partial charge on any atom is 0.227 e. The molecule has 1 aromatic carbocycles. The number of hydrogen-bond donors (Lipinski definition) is 2. The highest BCUT2D eigenvalue weighted by Gasteiger charge is 2.21. The second-order valence-corrected chi connectivity index (χ2v) is 5.24. The van der Waals surface area contributed by atoms with Crippen LogP contribution in [0, 0.1) is 5.92 Å². The molecule has 1 aliphatic rings. The van der Waals surface area contributed by atoms with Gasteiger partial charge in [0.1, 0.15) is 12.1 Å². The average Bonchev–Trinajstić information content (AvgIpc) is 2.90. The van der Waals surface area contributed by atoms with Crippen molar-refractivity contribution in [3.63, 3.8) is 0 Å². The van der Waals surface area contributed by atoms with Crippen molar-refractivity contribution < 1.29 is 13.9 Å². The van der Waals surface area contributed by atoms with E-state index in [1.54, 1.807) is 7.11 Å². The Morgan fingerprint density at radius 2 is 2.23 bits per heavy atom. The molecule has 1 saturated heterocycles. The Labute approximate surface area is 135 Å². The summed E-state index contributed by atoms with van der Waals surface area (Å²) in [6, 6.07) is 5.49. The fourth-order valence-corrected chi connectivity index (χ4v) is 2.57. The van der Waals surface area contributed by atoms with Crippen LogP contribution in [0.25, 0.3) is 11.1 Å². The number of rotatable bonds is 4. The summed E-state index contributed by atoms with van der Waals surface area (Å²) in [6.07, 6.45) is 1.77. The minimum Gasteiger partial charge on any atom is -0.438 e. The number of oxazole rings is 1. The number of aromatic nitrogens is 1. The van der Waals surface area contributed by atoms with Crippen LogP contribution in [-0.4, -0.2) is 31.1 Å². The molecule has 22 heavy (non-hydrogen) atoms. The van der Waals surface area contributed by atoms with E-state index in [2.05, 4.69) is 15.6 Å². The molecule has 0 spiro atoms. The lowest BCUT2D eigenvalue weighted by Crippen LogP contribution is -2.34. The first-order chi connectivity index (χ1) is 10.3. The van der Waals surface area contributed by atoms with E-state index in [0.717, 1.165) is 37.1 Å². The van der Waals surface area contributed by atoms with Gasteiger partial charge in [0.05, 0.1) is 0 Å². The molecular formula is C15H20ClN3O3. The smallest absolute Gasteiger partial charge is 0.227 e. The number of ether oxygens (including phenoxy) is 1. The van der Waals surface area contributed by atoms with Gasteiger partial charge in [0.2, 0.25) is 11.8 Å². The van der Waals surface area contributed by atoms with Crippen molar-refractivity contribution >= 4 is 35.1 Å². The molecule has 0 radical (unpaired) electrons. The van der Waals surface area contributed by atoms with Crippen LogP contribution in [0.3, 0.4) is 0 Å². The Hall–Kier alpha value is -1.63. The normalized spacial score (nSPS) is 15.5. The van der Waals surface area contributed by atoms with Gasteiger partial charge in [0.15, 0.2) is 5.58 Å². The van der Waals surface area contributed by atoms with Gasteiger partial charge < -0.3 is 19.8 Å². The van der Waals surface area contributed by atoms with Crippen molar-refractivity contribution in [3.05, 3.63) is 24.1 Å². The molecule has 3 rings (SSSR count). The first-order valence-corrected chi connectivity index (χ1v) is 7.16. The molecule has 7 heteroatoms. The van der Waals surface area contributed by atoms with E-state index < -0.39 is 0 Å². The second kappa shape index (κ2) is 7.58. The van der Waals surface area contributed by atoms with E-state index in [4.69, 9.17) is 9.15 Å². The van der Waals surface area contributed by atoms with Crippen molar-refractivity contribution in [2.24, 2.45) is 5.92 Å². The molecule has 120 valence electrons. The van der Waals surface area contributed by atoms with Crippen LogP contribution in [0.5, 0.6) is 0 Å². The minimum atomic E-state index is 0. The van der Waals surface area contributed by atoms with E-state index in [1.807, 2.05) is 18.2 Å². The Morgan fingerprint density at radius 1 is 1.45 bits per heavy atom. The predicted molar refractivity (Wildman–Crippen MR) is 86.2 cm³/mol. The number of piperidine rings is 1. The Morgan fingerprint density at radius 3 is 2.95 bits per heavy atom. The number of nitrogens with one attached hydrogen (secondary N) is 2. The second-order valence-electron chi connectivity index (χ2n) is 5.24. The van der Waals surface area contributed by atoms with Crippen molar-refractivity contribution in [3.8, 4) is 0 Å². The zero-order valence-electron chi connectivity index (χ0n) is 12.4. The van der Waals surface area contributed by atoms with Gasteiger partial charge in [0.25, 0.3) is 0 Å². The van der Waals surface area contributed by atoms with Crippen molar-refractivity contribution in [2.45, 2.75) is 19.4 Å². The maximum atomic E-state index is 12.2. The molecular weight excluding hydrogens is 306 g/mol. The van der Waals surface area contributed by atoms with E-state index in [9.17, 15) is 4.79 Å². The van der Waals surface area contributed by atoms with Gasteiger partial charge in [-0.3, -0.25) is 4.79 Å². The fraction of sp³-hybridized carbons (Fsp3) is 0.467. The molecule has 0 atom stereocenters. The van der Waals surface area contributed by atoms with E-state index in [0.29, 0.717) is 18.1 Å². The van der Waals surface area contributed by atoms with E-state index in [1.165, 1.54) is 0 Å². The van der Waals surface area contributed by atoms with Gasteiger partial charge in [-0.2, -0.15) is 0 Å². The van der Waals surface area contributed by atoms with Crippen molar-refractivity contribution in [1.82, 2.24) is 10.3 Å². The quantitative estimate of drug-likeness (QED) is 0.902. The zero-order valence-corrected chi connectivity index (χ0v) is 13.2. The molecule has 1 fully saturated rings. The van der Waals surface area contributed by atoms with Gasteiger partial charge >= 0.3 is 0 Å². The van der Waals surface area contributed by atoms with E-state index in [-0.39, 0.29) is 24.2 Å². The average molecular weight is 326 g/mol. The number of halogens is 1. The lowest BCUT2D eigenvalue weighted by atomic mass is 9.97. The van der Waals surface area contributed by atoms with Crippen LogP contribution in [0.2, 0.25) is 0 Å². The molecule has 0 unspecified atom stereocenters. The van der Waals surface area contributed by atoms with Crippen LogP contribution in [0.1, 0.15) is 18.7 Å². The third-order valence-corrected chi connectivity index (χ3v) is 3.68. The molecule has 0 aliphatic carbocycles. The number of fused-ring (bicyclic) bond motifs is 1. The third kappa shape index (κ3) is 3.76. The number of carbonyl (C=O) groups excluding carboxylic acids is 1. The Kier molecular flexibility index (Phi) is 5.76. The van der Waals surface area contributed by atoms with Crippen LogP contribution in [0.15, 0.2) is 22.6 Å². The van der Waals surface area contributed by atoms with Gasteiger partial charge in [-0.05, 0) is 44.1 Å². The Balaban J connectivity index is 0.00000176. The predicted octanol–water partition coefficient (Wildman–Crippen LogP) is 2.33. The molecule has 2 N–H and O–H groups in total. The summed E-state index contributed by atoms with van der Waals surface area (Å²) < 4.78 is 10.5. The molecule has 1 aliphatic heterocycles. The molecule has 0 bridgehead atoms. The molecule has 1 aromatic heterocycles. The number of methoxy groups -OCH3 is 1. The standard InChI is InChI=1S/C15H19N3O3.ClH/c1-20-9-14-18-12-8-11(2-3-13(12)21-14)17-15(19)10-4-6-16-7-5-10;/h2-3,8,10,16H,4-7,9H2,1H3,(H,17,19);1H. The summed E-state index contributed by atoms with van der Waals surface area (Å²) in [4.78, 5) is 16.5. The number of carbonyl (C=O) groups is 1. The number of nitrogens with zero attached hydrogens (tertiary/aromatic N) is 1. The summed E-state index contributed by atoms with van der Waals surface area (Å²) in [5, 5.41) is 6.22. The minimum absolute atomic E-state index is 0. The molecule has 2 aromatic rings. The zero-order chi connectivity index (χ0) is 14.7. The SMILES string of the molecule is COCc1nc2cc(NC(=O)C3CCNCC3)ccc2o1.Cl.